The number of anilines is 1. The summed E-state index contributed by atoms with van der Waals surface area (Å²) < 4.78 is 44.5. The maximum atomic E-state index is 13.0. The topological polar surface area (TPSA) is 85.4 Å². The summed E-state index contributed by atoms with van der Waals surface area (Å²) in [5.74, 6) is -1.06. The fourth-order valence-corrected chi connectivity index (χ4v) is 4.23. The molecule has 0 bridgehead atoms. The van der Waals surface area contributed by atoms with Crippen molar-refractivity contribution in [3.05, 3.63) is 40.1 Å². The first-order valence-corrected chi connectivity index (χ1v) is 9.08. The molecule has 0 saturated carbocycles. The van der Waals surface area contributed by atoms with E-state index in [-0.39, 0.29) is 28.1 Å². The smallest absolute Gasteiger partial charge is 0.311 e. The van der Waals surface area contributed by atoms with Gasteiger partial charge in [-0.25, -0.2) is 17.8 Å². The third kappa shape index (κ3) is 4.63. The van der Waals surface area contributed by atoms with Crippen molar-refractivity contribution in [2.45, 2.75) is 18.2 Å². The van der Waals surface area contributed by atoms with Gasteiger partial charge < -0.3 is 4.74 Å². The van der Waals surface area contributed by atoms with Crippen LogP contribution in [0, 0.1) is 5.82 Å². The fourth-order valence-electron chi connectivity index (χ4n) is 1.65. The molecular formula is C13H12ClFN2O4S2. The molecule has 124 valence electrons. The quantitative estimate of drug-likeness (QED) is 0.781. The van der Waals surface area contributed by atoms with Gasteiger partial charge in [0, 0.05) is 11.1 Å². The van der Waals surface area contributed by atoms with Gasteiger partial charge in [-0.05, 0) is 25.1 Å². The normalized spacial score (nSPS) is 11.3. The highest BCUT2D eigenvalue weighted by atomic mass is 35.5. The Morgan fingerprint density at radius 2 is 2.22 bits per heavy atom. The van der Waals surface area contributed by atoms with Gasteiger partial charge in [-0.15, -0.1) is 11.3 Å². The van der Waals surface area contributed by atoms with Gasteiger partial charge >= 0.3 is 5.97 Å². The molecular weight excluding hydrogens is 367 g/mol. The predicted octanol–water partition coefficient (Wildman–Crippen LogP) is 2.84. The number of benzene rings is 1. The number of carbonyl (C=O) groups excluding carboxylic acids is 1. The van der Waals surface area contributed by atoms with Crippen LogP contribution >= 0.6 is 22.9 Å². The van der Waals surface area contributed by atoms with E-state index in [1.54, 1.807) is 6.92 Å². The zero-order chi connectivity index (χ0) is 17.0. The molecule has 2 rings (SSSR count). The van der Waals surface area contributed by atoms with Crippen LogP contribution in [0.1, 0.15) is 11.8 Å². The minimum Gasteiger partial charge on any atom is -0.466 e. The van der Waals surface area contributed by atoms with E-state index in [2.05, 4.69) is 9.71 Å². The Balaban J connectivity index is 2.15. The molecule has 1 heterocycles. The number of ether oxygens (including phenoxy) is 1. The number of aromatic nitrogens is 1. The largest absolute Gasteiger partial charge is 0.466 e. The third-order valence-electron chi connectivity index (χ3n) is 2.58. The van der Waals surface area contributed by atoms with Crippen LogP contribution in [0.25, 0.3) is 0 Å². The van der Waals surface area contributed by atoms with Crippen LogP contribution < -0.4 is 4.72 Å². The van der Waals surface area contributed by atoms with Gasteiger partial charge in [0.1, 0.15) is 10.7 Å². The second kappa shape index (κ2) is 7.24. The number of hydrogen-bond acceptors (Lipinski definition) is 6. The van der Waals surface area contributed by atoms with Gasteiger partial charge in [-0.3, -0.25) is 9.52 Å². The lowest BCUT2D eigenvalue weighted by Crippen LogP contribution is -2.13. The van der Waals surface area contributed by atoms with Crippen LogP contribution in [-0.2, 0) is 26.0 Å². The SMILES string of the molecule is CCOC(=O)Cc1cnc(NS(=O)(=O)c2ccc(F)cc2Cl)s1. The van der Waals surface area contributed by atoms with Crippen LogP contribution in [0.4, 0.5) is 9.52 Å². The van der Waals surface area contributed by atoms with E-state index < -0.39 is 21.8 Å². The van der Waals surface area contributed by atoms with Crippen molar-refractivity contribution in [1.82, 2.24) is 4.98 Å². The molecule has 1 aromatic carbocycles. The molecule has 0 aliphatic carbocycles. The van der Waals surface area contributed by atoms with Crippen molar-refractivity contribution in [3.63, 3.8) is 0 Å². The molecule has 0 radical (unpaired) electrons. The second-order valence-corrected chi connectivity index (χ2v) is 7.47. The number of sulfonamides is 1. The van der Waals surface area contributed by atoms with E-state index in [0.29, 0.717) is 4.88 Å². The van der Waals surface area contributed by atoms with Crippen molar-refractivity contribution in [1.29, 1.82) is 0 Å². The number of halogens is 2. The lowest BCUT2D eigenvalue weighted by atomic mass is 10.3. The second-order valence-electron chi connectivity index (χ2n) is 4.29. The molecule has 10 heteroatoms. The summed E-state index contributed by atoms with van der Waals surface area (Å²) in [5.41, 5.74) is 0. The van der Waals surface area contributed by atoms with Crippen LogP contribution in [0.15, 0.2) is 29.3 Å². The summed E-state index contributed by atoms with van der Waals surface area (Å²) in [6.45, 7) is 1.96. The number of hydrogen-bond donors (Lipinski definition) is 1. The van der Waals surface area contributed by atoms with Gasteiger partial charge in [0.2, 0.25) is 0 Å². The molecule has 1 N–H and O–H groups in total. The molecule has 0 atom stereocenters. The first kappa shape index (κ1) is 17.6. The van der Waals surface area contributed by atoms with Crippen molar-refractivity contribution >= 4 is 44.1 Å². The minimum absolute atomic E-state index is 0.00450. The van der Waals surface area contributed by atoms with Crippen LogP contribution in [0.5, 0.6) is 0 Å². The van der Waals surface area contributed by atoms with Crippen molar-refractivity contribution < 1.29 is 22.3 Å². The highest BCUT2D eigenvalue weighted by Crippen LogP contribution is 2.26. The number of esters is 1. The summed E-state index contributed by atoms with van der Waals surface area (Å²) in [4.78, 5) is 15.5. The molecule has 6 nitrogen and oxygen atoms in total. The maximum absolute atomic E-state index is 13.0. The van der Waals surface area contributed by atoms with Crippen molar-refractivity contribution in [2.75, 3.05) is 11.3 Å². The molecule has 23 heavy (non-hydrogen) atoms. The minimum atomic E-state index is -4.00. The van der Waals surface area contributed by atoms with Gasteiger partial charge in [0.05, 0.1) is 18.1 Å². The van der Waals surface area contributed by atoms with E-state index >= 15 is 0 Å². The molecule has 0 fully saturated rings. The highest BCUT2D eigenvalue weighted by Gasteiger charge is 2.20. The fraction of sp³-hybridized carbons (Fsp3) is 0.231. The van der Waals surface area contributed by atoms with E-state index in [4.69, 9.17) is 16.3 Å². The number of carbonyl (C=O) groups is 1. The summed E-state index contributed by atoms with van der Waals surface area (Å²) in [5, 5.41) is -0.162. The van der Waals surface area contributed by atoms with E-state index in [1.165, 1.54) is 6.20 Å². The van der Waals surface area contributed by atoms with Crippen LogP contribution in [0.2, 0.25) is 5.02 Å². The van der Waals surface area contributed by atoms with Crippen LogP contribution in [-0.4, -0.2) is 26.0 Å². The highest BCUT2D eigenvalue weighted by molar-refractivity contribution is 7.93. The van der Waals surface area contributed by atoms with Gasteiger partial charge in [0.25, 0.3) is 10.0 Å². The Labute approximate surface area is 141 Å². The van der Waals surface area contributed by atoms with Crippen molar-refractivity contribution in [2.24, 2.45) is 0 Å². The summed E-state index contributed by atoms with van der Waals surface area (Å²) in [7, 11) is -4.00. The molecule has 0 amide bonds. The number of nitrogens with one attached hydrogen (secondary N) is 1. The molecule has 0 unspecified atom stereocenters. The monoisotopic (exact) mass is 378 g/mol. The number of nitrogens with zero attached hydrogens (tertiary/aromatic N) is 1. The summed E-state index contributed by atoms with van der Waals surface area (Å²) in [6, 6.07) is 2.96. The third-order valence-corrected chi connectivity index (χ3v) is 5.45. The Kier molecular flexibility index (Phi) is 5.55. The number of rotatable bonds is 6. The Morgan fingerprint density at radius 3 is 2.87 bits per heavy atom. The molecule has 0 spiro atoms. The zero-order valence-electron chi connectivity index (χ0n) is 11.9. The van der Waals surface area contributed by atoms with Gasteiger partial charge in [-0.1, -0.05) is 11.6 Å². The predicted molar refractivity (Wildman–Crippen MR) is 84.7 cm³/mol. The Morgan fingerprint density at radius 1 is 1.48 bits per heavy atom. The first-order chi connectivity index (χ1) is 10.8. The average Bonchev–Trinajstić information content (AvgIpc) is 2.84. The van der Waals surface area contributed by atoms with Crippen LogP contribution in [0.3, 0.4) is 0 Å². The average molecular weight is 379 g/mol. The lowest BCUT2D eigenvalue weighted by Gasteiger charge is -2.06. The van der Waals surface area contributed by atoms with E-state index in [9.17, 15) is 17.6 Å². The first-order valence-electron chi connectivity index (χ1n) is 6.40. The van der Waals surface area contributed by atoms with Crippen molar-refractivity contribution in [3.8, 4) is 0 Å². The number of thiazole rings is 1. The molecule has 0 saturated heterocycles. The molecule has 2 aromatic rings. The van der Waals surface area contributed by atoms with Gasteiger partial charge in [-0.2, -0.15) is 0 Å². The lowest BCUT2D eigenvalue weighted by molar-refractivity contribution is -0.142. The molecule has 1 aromatic heterocycles. The van der Waals surface area contributed by atoms with Gasteiger partial charge in [0.15, 0.2) is 5.13 Å². The Hall–Kier alpha value is -1.71. The standard InChI is InChI=1S/C13H12ClFN2O4S2/c1-2-21-12(18)6-9-7-16-13(22-9)17-23(19,20)11-4-3-8(15)5-10(11)14/h3-5,7H,2,6H2,1H3,(H,16,17). The molecule has 0 aliphatic heterocycles. The Bertz CT molecular complexity index is 823. The van der Waals surface area contributed by atoms with E-state index in [1.807, 2.05) is 0 Å². The zero-order valence-corrected chi connectivity index (χ0v) is 14.3. The molecule has 0 aliphatic rings. The van der Waals surface area contributed by atoms with E-state index in [0.717, 1.165) is 29.5 Å². The maximum Gasteiger partial charge on any atom is 0.311 e. The summed E-state index contributed by atoms with van der Waals surface area (Å²) in [6.07, 6.45) is 1.39. The summed E-state index contributed by atoms with van der Waals surface area (Å²) >= 11 is 6.75.